The molecule has 1 aromatic heterocycles. The first kappa shape index (κ1) is 26.3. The predicted octanol–water partition coefficient (Wildman–Crippen LogP) is 6.86. The molecule has 2 unspecified atom stereocenters. The van der Waals surface area contributed by atoms with E-state index in [0.717, 1.165) is 17.7 Å². The van der Waals surface area contributed by atoms with Gasteiger partial charge in [-0.25, -0.2) is 18.6 Å². The van der Waals surface area contributed by atoms with Crippen molar-refractivity contribution in [3.63, 3.8) is 0 Å². The third-order valence-corrected chi connectivity index (χ3v) is 7.57. The molecule has 1 fully saturated rings. The van der Waals surface area contributed by atoms with E-state index in [1.165, 1.54) is 23.9 Å². The first-order chi connectivity index (χ1) is 16.2. The lowest BCUT2D eigenvalue weighted by Gasteiger charge is -2.21. The highest BCUT2D eigenvalue weighted by Gasteiger charge is 2.26. The van der Waals surface area contributed by atoms with Gasteiger partial charge in [-0.15, -0.1) is 0 Å². The predicted molar refractivity (Wildman–Crippen MR) is 137 cm³/mol. The van der Waals surface area contributed by atoms with Gasteiger partial charge in [0.15, 0.2) is 11.6 Å². The summed E-state index contributed by atoms with van der Waals surface area (Å²) in [6.45, 7) is 11.8. The molecule has 1 aromatic carbocycles. The molecule has 2 aromatic rings. The van der Waals surface area contributed by atoms with Crippen molar-refractivity contribution in [3.05, 3.63) is 64.8 Å². The van der Waals surface area contributed by atoms with Crippen LogP contribution in [0.3, 0.4) is 0 Å². The van der Waals surface area contributed by atoms with E-state index in [1.54, 1.807) is 12.3 Å². The summed E-state index contributed by atoms with van der Waals surface area (Å²) in [6.07, 6.45) is 5.10. The fourth-order valence-electron chi connectivity index (χ4n) is 3.13. The third kappa shape index (κ3) is 6.88. The van der Waals surface area contributed by atoms with Crippen molar-refractivity contribution < 1.29 is 17.7 Å². The van der Waals surface area contributed by atoms with Crippen LogP contribution >= 0.6 is 11.8 Å². The van der Waals surface area contributed by atoms with Gasteiger partial charge in [-0.1, -0.05) is 39.1 Å². The molecule has 34 heavy (non-hydrogen) atoms. The minimum Gasteiger partial charge on any atom is -0.457 e. The number of nitrogens with zero attached hydrogens (tertiary/aromatic N) is 2. The molecule has 9 heteroatoms. The number of allylic oxidation sites excluding steroid dienone is 2. The summed E-state index contributed by atoms with van der Waals surface area (Å²) in [6, 6.07) is 4.49. The van der Waals surface area contributed by atoms with Crippen LogP contribution in [0.15, 0.2) is 41.6 Å². The first-order valence-corrected chi connectivity index (χ1v) is 13.6. The van der Waals surface area contributed by atoms with E-state index >= 15 is 4.39 Å². The second-order valence-corrected chi connectivity index (χ2v) is 11.0. The monoisotopic (exact) mass is 507 g/mol. The molecular weight excluding hydrogens is 476 g/mol. The van der Waals surface area contributed by atoms with Crippen molar-refractivity contribution in [2.24, 2.45) is 11.8 Å². The summed E-state index contributed by atoms with van der Waals surface area (Å²) in [5, 5.41) is 0. The van der Waals surface area contributed by atoms with Gasteiger partial charge in [0.25, 0.3) is 0 Å². The highest BCUT2D eigenvalue weighted by atomic mass is 32.2. The van der Waals surface area contributed by atoms with Crippen LogP contribution in [0.25, 0.3) is 4.91 Å². The number of nitrogens with one attached hydrogen (secondary N) is 1. The summed E-state index contributed by atoms with van der Waals surface area (Å²) in [5.41, 5.74) is 0.502. The maximum Gasteiger partial charge on any atom is 0.203 e. The Morgan fingerprint density at radius 3 is 2.65 bits per heavy atom. The lowest BCUT2D eigenvalue weighted by Crippen LogP contribution is -2.13. The molecular formula is C25H31F2N3O2S2. The Hall–Kier alpha value is -2.26. The molecule has 0 saturated heterocycles. The van der Waals surface area contributed by atoms with Crippen molar-refractivity contribution >= 4 is 33.3 Å². The van der Waals surface area contributed by atoms with Gasteiger partial charge in [-0.3, -0.25) is 0 Å². The van der Waals surface area contributed by atoms with Gasteiger partial charge in [0.05, 0.1) is 16.3 Å². The molecule has 0 amide bonds. The quantitative estimate of drug-likeness (QED) is 0.318. The fraction of sp³-hybridized carbons (Fsp3) is 0.440. The molecule has 0 aliphatic heterocycles. The van der Waals surface area contributed by atoms with Gasteiger partial charge in [0, 0.05) is 24.3 Å². The van der Waals surface area contributed by atoms with Gasteiger partial charge in [0.1, 0.15) is 22.6 Å². The molecule has 1 aliphatic carbocycles. The first-order valence-electron chi connectivity index (χ1n) is 11.4. The number of ether oxygens (including phenoxy) is 1. The Morgan fingerprint density at radius 1 is 1.29 bits per heavy atom. The zero-order chi connectivity index (χ0) is 24.8. The Labute approximate surface area is 207 Å². The van der Waals surface area contributed by atoms with Crippen LogP contribution in [0.1, 0.15) is 58.5 Å². The van der Waals surface area contributed by atoms with Gasteiger partial charge in [-0.05, 0) is 55.2 Å². The van der Waals surface area contributed by atoms with Crippen LogP contribution in [0.5, 0.6) is 5.75 Å². The lowest BCUT2D eigenvalue weighted by atomic mass is 10.1. The Balaban J connectivity index is 1.99. The van der Waals surface area contributed by atoms with Crippen molar-refractivity contribution in [1.29, 1.82) is 0 Å². The molecule has 1 N–H and O–H groups in total. The maximum atomic E-state index is 15.1. The number of benzene rings is 1. The van der Waals surface area contributed by atoms with E-state index in [9.17, 15) is 8.60 Å². The zero-order valence-corrected chi connectivity index (χ0v) is 21.6. The summed E-state index contributed by atoms with van der Waals surface area (Å²) >= 11 is 1.38. The van der Waals surface area contributed by atoms with E-state index in [-0.39, 0.29) is 17.4 Å². The van der Waals surface area contributed by atoms with E-state index in [0.29, 0.717) is 46.7 Å². The number of aryl methyl sites for hydroxylation is 1. The largest absolute Gasteiger partial charge is 0.457 e. The highest BCUT2D eigenvalue weighted by molar-refractivity contribution is 8.11. The van der Waals surface area contributed by atoms with Crippen molar-refractivity contribution in [2.75, 3.05) is 10.5 Å². The van der Waals surface area contributed by atoms with Gasteiger partial charge in [0.2, 0.25) is 5.82 Å². The van der Waals surface area contributed by atoms with Crippen LogP contribution in [0, 0.1) is 23.5 Å². The molecule has 1 saturated carbocycles. The molecule has 0 radical (unpaired) electrons. The summed E-state index contributed by atoms with van der Waals surface area (Å²) in [4.78, 5) is 10.4. The van der Waals surface area contributed by atoms with Gasteiger partial charge >= 0.3 is 0 Å². The molecule has 0 bridgehead atoms. The standard InChI is InChI=1S/C25H31F2N3O2S2/c1-6-16(5)24(25(33-15(3)4)19-12-13-28-21(7-2)29-19)32-20-11-10-18(22(26)23(20)27)30-34(31)14-17-8-9-17/h10-13,16-17,30H,3,6-9,14H2,1-2,4-5H3/b25-24+. The molecule has 1 aliphatic rings. The van der Waals surface area contributed by atoms with Crippen molar-refractivity contribution in [2.45, 2.75) is 53.4 Å². The van der Waals surface area contributed by atoms with Crippen LogP contribution in [0.2, 0.25) is 0 Å². The lowest BCUT2D eigenvalue weighted by molar-refractivity contribution is 0.333. The average Bonchev–Trinajstić information content (AvgIpc) is 3.63. The van der Waals surface area contributed by atoms with Gasteiger partial charge < -0.3 is 9.46 Å². The highest BCUT2D eigenvalue weighted by Crippen LogP contribution is 2.40. The fourth-order valence-corrected chi connectivity index (χ4v) is 5.28. The number of rotatable bonds is 12. The number of hydrogen-bond acceptors (Lipinski definition) is 5. The molecule has 5 nitrogen and oxygen atoms in total. The number of aromatic nitrogens is 2. The minimum absolute atomic E-state index is 0.104. The minimum atomic E-state index is -1.46. The second kappa shape index (κ2) is 11.9. The Morgan fingerprint density at radius 2 is 2.03 bits per heavy atom. The SMILES string of the molecule is C=C(C)S/C(=C(/Oc1ccc(NS(=O)CC2CC2)c(F)c1F)C(C)CC)c1ccnc(CC)n1. The summed E-state index contributed by atoms with van der Waals surface area (Å²) in [5.74, 6) is -0.614. The van der Waals surface area contributed by atoms with Crippen LogP contribution in [-0.2, 0) is 17.4 Å². The zero-order valence-electron chi connectivity index (χ0n) is 20.0. The van der Waals surface area contributed by atoms with Crippen molar-refractivity contribution in [1.82, 2.24) is 9.97 Å². The Kier molecular flexibility index (Phi) is 9.24. The Bertz CT molecular complexity index is 1100. The molecule has 184 valence electrons. The molecule has 2 atom stereocenters. The van der Waals surface area contributed by atoms with E-state index in [4.69, 9.17) is 4.74 Å². The van der Waals surface area contributed by atoms with E-state index < -0.39 is 22.6 Å². The third-order valence-electron chi connectivity index (χ3n) is 5.39. The molecule has 1 heterocycles. The number of halogens is 2. The smallest absolute Gasteiger partial charge is 0.203 e. The van der Waals surface area contributed by atoms with E-state index in [2.05, 4.69) is 21.3 Å². The van der Waals surface area contributed by atoms with Crippen LogP contribution in [-0.4, -0.2) is 19.9 Å². The topological polar surface area (TPSA) is 64.1 Å². The van der Waals surface area contributed by atoms with Gasteiger partial charge in [-0.2, -0.15) is 4.39 Å². The number of thioether (sulfide) groups is 1. The van der Waals surface area contributed by atoms with E-state index in [1.807, 2.05) is 27.7 Å². The molecule has 3 rings (SSSR count). The van der Waals surface area contributed by atoms with Crippen LogP contribution in [0.4, 0.5) is 14.5 Å². The average molecular weight is 508 g/mol. The molecule has 0 spiro atoms. The van der Waals surface area contributed by atoms with Crippen LogP contribution < -0.4 is 9.46 Å². The number of hydrogen-bond donors (Lipinski definition) is 1. The summed E-state index contributed by atoms with van der Waals surface area (Å²) in [7, 11) is -1.46. The maximum absolute atomic E-state index is 15.1. The second-order valence-electron chi connectivity index (χ2n) is 8.42. The normalized spacial score (nSPS) is 15.9. The summed E-state index contributed by atoms with van der Waals surface area (Å²) < 4.78 is 50.7. The van der Waals surface area contributed by atoms with Crippen molar-refractivity contribution in [3.8, 4) is 5.75 Å². The number of anilines is 1.